The Labute approximate surface area is 83.2 Å². The summed E-state index contributed by atoms with van der Waals surface area (Å²) in [6.45, 7) is -0.230. The lowest BCUT2D eigenvalue weighted by Crippen LogP contribution is -1.94. The Kier molecular flexibility index (Phi) is 3.61. The normalized spacial score (nSPS) is 8.73. The minimum Gasteiger partial charge on any atom is -0.206 e. The highest BCUT2D eigenvalue weighted by atomic mass is 19.2. The molecule has 0 atom stereocenters. The zero-order valence-corrected chi connectivity index (χ0v) is 7.34. The van der Waals surface area contributed by atoms with Crippen LogP contribution in [0.3, 0.4) is 0 Å². The van der Waals surface area contributed by atoms with E-state index in [1.54, 1.807) is 0 Å². The fourth-order valence-corrected chi connectivity index (χ4v) is 0.837. The Morgan fingerprint density at radius 2 is 1.93 bits per heavy atom. The number of rotatable bonds is 1. The van der Waals surface area contributed by atoms with Gasteiger partial charge in [0, 0.05) is 4.91 Å². The van der Waals surface area contributed by atoms with Crippen LogP contribution < -0.4 is 0 Å². The summed E-state index contributed by atoms with van der Waals surface area (Å²) in [5.41, 5.74) is 7.24. The van der Waals surface area contributed by atoms with Gasteiger partial charge < -0.3 is 0 Å². The Balaban J connectivity index is 3.06. The smallest absolute Gasteiger partial charge is 0.177 e. The number of hydrogen-bond acceptors (Lipinski definition) is 1. The highest BCUT2D eigenvalue weighted by Crippen LogP contribution is 2.14. The maximum atomic E-state index is 13.0. The lowest BCUT2D eigenvalue weighted by Gasteiger charge is -1.97. The second-order valence-electron chi connectivity index (χ2n) is 2.41. The molecule has 0 unspecified atom stereocenters. The molecule has 0 radical (unpaired) electrons. The molecule has 0 aliphatic heterocycles. The number of benzene rings is 1. The van der Waals surface area contributed by atoms with Crippen LogP contribution in [0.4, 0.5) is 13.2 Å². The van der Waals surface area contributed by atoms with Gasteiger partial charge >= 0.3 is 0 Å². The van der Waals surface area contributed by atoms with Crippen molar-refractivity contribution in [2.75, 3.05) is 6.54 Å². The van der Waals surface area contributed by atoms with E-state index < -0.39 is 23.0 Å². The summed E-state index contributed by atoms with van der Waals surface area (Å²) in [7, 11) is 0. The molecule has 1 rings (SSSR count). The average molecular weight is 211 g/mol. The predicted octanol–water partition coefficient (Wildman–Crippen LogP) is 2.77. The van der Waals surface area contributed by atoms with Crippen LogP contribution in [-0.2, 0) is 0 Å². The van der Waals surface area contributed by atoms with Gasteiger partial charge in [0.15, 0.2) is 11.6 Å². The summed E-state index contributed by atoms with van der Waals surface area (Å²) in [4.78, 5) is 2.39. The molecule has 0 spiro atoms. The number of halogens is 3. The first-order valence-corrected chi connectivity index (χ1v) is 3.80. The molecule has 0 saturated heterocycles. The van der Waals surface area contributed by atoms with Crippen LogP contribution in [0.5, 0.6) is 0 Å². The molecule has 6 heteroatoms. The van der Waals surface area contributed by atoms with Gasteiger partial charge in [-0.05, 0) is 17.7 Å². The van der Waals surface area contributed by atoms with E-state index in [0.717, 1.165) is 6.07 Å². The standard InChI is InChI=1S/C9H4F3N3/c10-7-3-4-8(11)9(12)6(7)2-1-5-14-15-13/h3-4H,5H2. The Hall–Kier alpha value is -2.12. The van der Waals surface area contributed by atoms with Crippen LogP contribution in [0.2, 0.25) is 0 Å². The van der Waals surface area contributed by atoms with Gasteiger partial charge in [-0.1, -0.05) is 17.0 Å². The maximum absolute atomic E-state index is 13.0. The van der Waals surface area contributed by atoms with Crippen molar-refractivity contribution in [3.8, 4) is 11.8 Å². The predicted molar refractivity (Wildman–Crippen MR) is 47.2 cm³/mol. The average Bonchev–Trinajstić information content (AvgIpc) is 2.23. The minimum absolute atomic E-state index is 0.230. The molecular formula is C9H4F3N3. The summed E-state index contributed by atoms with van der Waals surface area (Å²) in [6, 6.07) is 1.44. The van der Waals surface area contributed by atoms with Crippen LogP contribution in [0.15, 0.2) is 17.2 Å². The SMILES string of the molecule is [N-]=[N+]=NCC#Cc1c(F)ccc(F)c1F. The van der Waals surface area contributed by atoms with Crippen molar-refractivity contribution < 1.29 is 13.2 Å². The van der Waals surface area contributed by atoms with Crippen molar-refractivity contribution in [2.45, 2.75) is 0 Å². The first-order chi connectivity index (χ1) is 7.16. The molecule has 0 bridgehead atoms. The van der Waals surface area contributed by atoms with Crippen molar-refractivity contribution >= 4 is 0 Å². The van der Waals surface area contributed by atoms with E-state index in [0.29, 0.717) is 6.07 Å². The first kappa shape index (κ1) is 11.0. The third-order valence-electron chi connectivity index (χ3n) is 1.47. The summed E-state index contributed by atoms with van der Waals surface area (Å²) in [5.74, 6) is 0.770. The van der Waals surface area contributed by atoms with Gasteiger partial charge in [0.05, 0.1) is 12.1 Å². The summed E-state index contributed by atoms with van der Waals surface area (Å²) >= 11 is 0. The lowest BCUT2D eigenvalue weighted by molar-refractivity contribution is 0.491. The molecule has 1 aromatic rings. The summed E-state index contributed by atoms with van der Waals surface area (Å²) in [6.07, 6.45) is 0. The second-order valence-corrected chi connectivity index (χ2v) is 2.41. The zero-order valence-electron chi connectivity index (χ0n) is 7.34. The molecule has 3 nitrogen and oxygen atoms in total. The van der Waals surface area contributed by atoms with Crippen molar-refractivity contribution in [1.82, 2.24) is 0 Å². The number of azide groups is 1. The molecule has 0 saturated carbocycles. The third kappa shape index (κ3) is 2.66. The monoisotopic (exact) mass is 211 g/mol. The maximum Gasteiger partial charge on any atom is 0.177 e. The highest BCUT2D eigenvalue weighted by Gasteiger charge is 2.10. The van der Waals surface area contributed by atoms with E-state index >= 15 is 0 Å². The quantitative estimate of drug-likeness (QED) is 0.225. The fourth-order valence-electron chi connectivity index (χ4n) is 0.837. The molecular weight excluding hydrogens is 207 g/mol. The van der Waals surface area contributed by atoms with Crippen molar-refractivity contribution in [3.63, 3.8) is 0 Å². The molecule has 0 heterocycles. The molecule has 0 aromatic heterocycles. The molecule has 0 fully saturated rings. The fraction of sp³-hybridized carbons (Fsp3) is 0.111. The van der Waals surface area contributed by atoms with E-state index in [2.05, 4.69) is 21.9 Å². The van der Waals surface area contributed by atoms with E-state index in [-0.39, 0.29) is 6.54 Å². The summed E-state index contributed by atoms with van der Waals surface area (Å²) < 4.78 is 38.5. The Morgan fingerprint density at radius 1 is 1.27 bits per heavy atom. The van der Waals surface area contributed by atoms with Gasteiger partial charge in [0.1, 0.15) is 5.82 Å². The first-order valence-electron chi connectivity index (χ1n) is 3.80. The van der Waals surface area contributed by atoms with E-state index in [4.69, 9.17) is 5.53 Å². The second kappa shape index (κ2) is 4.94. The molecule has 76 valence electrons. The molecule has 0 aliphatic rings. The largest absolute Gasteiger partial charge is 0.206 e. The van der Waals surface area contributed by atoms with Gasteiger partial charge in [-0.15, -0.1) is 0 Å². The van der Waals surface area contributed by atoms with E-state index in [9.17, 15) is 13.2 Å². The third-order valence-corrected chi connectivity index (χ3v) is 1.47. The van der Waals surface area contributed by atoms with Crippen LogP contribution in [0.1, 0.15) is 5.56 Å². The topological polar surface area (TPSA) is 48.8 Å². The molecule has 15 heavy (non-hydrogen) atoms. The van der Waals surface area contributed by atoms with Crippen molar-refractivity contribution in [3.05, 3.63) is 45.6 Å². The van der Waals surface area contributed by atoms with Crippen LogP contribution in [0, 0.1) is 29.3 Å². The van der Waals surface area contributed by atoms with Gasteiger partial charge in [-0.2, -0.15) is 0 Å². The highest BCUT2D eigenvalue weighted by molar-refractivity contribution is 5.37. The minimum atomic E-state index is -1.34. The van der Waals surface area contributed by atoms with Crippen molar-refractivity contribution in [2.24, 2.45) is 5.11 Å². The Morgan fingerprint density at radius 3 is 2.60 bits per heavy atom. The number of nitrogens with zero attached hydrogens (tertiary/aromatic N) is 3. The number of hydrogen-bond donors (Lipinski definition) is 0. The molecule has 0 aliphatic carbocycles. The lowest BCUT2D eigenvalue weighted by atomic mass is 10.2. The van der Waals surface area contributed by atoms with Gasteiger partial charge in [0.25, 0.3) is 0 Å². The zero-order chi connectivity index (χ0) is 11.3. The van der Waals surface area contributed by atoms with Gasteiger partial charge in [-0.25, -0.2) is 13.2 Å². The molecule has 1 aromatic carbocycles. The van der Waals surface area contributed by atoms with Crippen LogP contribution >= 0.6 is 0 Å². The van der Waals surface area contributed by atoms with E-state index in [1.165, 1.54) is 0 Å². The summed E-state index contributed by atoms with van der Waals surface area (Å²) in [5, 5.41) is 3.04. The van der Waals surface area contributed by atoms with Crippen molar-refractivity contribution in [1.29, 1.82) is 0 Å². The van der Waals surface area contributed by atoms with Crippen LogP contribution in [-0.4, -0.2) is 6.54 Å². The molecule has 0 amide bonds. The van der Waals surface area contributed by atoms with E-state index in [1.807, 2.05) is 0 Å². The van der Waals surface area contributed by atoms with Gasteiger partial charge in [-0.3, -0.25) is 0 Å². The van der Waals surface area contributed by atoms with Gasteiger partial charge in [0.2, 0.25) is 0 Å². The Bertz CT molecular complexity index is 481. The molecule has 0 N–H and O–H groups in total. The van der Waals surface area contributed by atoms with Crippen LogP contribution in [0.25, 0.3) is 10.4 Å².